The van der Waals surface area contributed by atoms with Gasteiger partial charge in [-0.3, -0.25) is 0 Å². The van der Waals surface area contributed by atoms with Gasteiger partial charge in [0.2, 0.25) is 0 Å². The molecular weight excluding hydrogens is 607 g/mol. The molecule has 2 aliphatic carbocycles. The van der Waals surface area contributed by atoms with Gasteiger partial charge in [-0.05, 0) is 81.6 Å². The van der Waals surface area contributed by atoms with E-state index in [1.165, 1.54) is 41.5 Å². The van der Waals surface area contributed by atoms with Crippen LogP contribution >= 0.6 is 0 Å². The van der Waals surface area contributed by atoms with E-state index in [1.54, 1.807) is 0 Å². The molecule has 1 aromatic heterocycles. The lowest BCUT2D eigenvalue weighted by molar-refractivity contribution is 0.353. The number of hydrogen-bond acceptors (Lipinski definition) is 3. The molecule has 238 valence electrons. The molecule has 6 aromatic carbocycles. The third kappa shape index (κ3) is 5.04. The summed E-state index contributed by atoms with van der Waals surface area (Å²) in [7, 11) is 0. The Morgan fingerprint density at radius 1 is 0.440 bits per heavy atom. The Balaban J connectivity index is 1.22. The highest BCUT2D eigenvalue weighted by Gasteiger charge is 2.44. The maximum Gasteiger partial charge on any atom is 0.161 e. The molecule has 0 N–H and O–H groups in total. The van der Waals surface area contributed by atoms with Crippen molar-refractivity contribution in [1.29, 1.82) is 5.26 Å². The Kier molecular flexibility index (Phi) is 7.44. The van der Waals surface area contributed by atoms with E-state index in [2.05, 4.69) is 140 Å². The summed E-state index contributed by atoms with van der Waals surface area (Å²) in [5, 5.41) is 9.80. The van der Waals surface area contributed by atoms with Crippen molar-refractivity contribution in [1.82, 2.24) is 9.97 Å². The molecule has 1 spiro atoms. The molecule has 3 heteroatoms. The first-order valence-electron chi connectivity index (χ1n) is 17.6. The Morgan fingerprint density at radius 3 is 1.78 bits per heavy atom. The van der Waals surface area contributed by atoms with E-state index in [4.69, 9.17) is 9.97 Å². The molecule has 1 saturated carbocycles. The zero-order valence-corrected chi connectivity index (χ0v) is 27.8. The van der Waals surface area contributed by atoms with Crippen LogP contribution in [0.2, 0.25) is 0 Å². The monoisotopic (exact) mass is 641 g/mol. The van der Waals surface area contributed by atoms with E-state index in [0.29, 0.717) is 5.82 Å². The van der Waals surface area contributed by atoms with Gasteiger partial charge >= 0.3 is 0 Å². The summed E-state index contributed by atoms with van der Waals surface area (Å²) >= 11 is 0. The van der Waals surface area contributed by atoms with Gasteiger partial charge in [-0.1, -0.05) is 147 Å². The Morgan fingerprint density at radius 2 is 1.06 bits per heavy atom. The first-order chi connectivity index (χ1) is 24.7. The van der Waals surface area contributed by atoms with Crippen molar-refractivity contribution in [2.24, 2.45) is 0 Å². The zero-order valence-electron chi connectivity index (χ0n) is 27.8. The molecule has 2 aliphatic rings. The number of nitriles is 1. The Bertz CT molecular complexity index is 2410. The molecule has 1 fully saturated rings. The minimum absolute atomic E-state index is 0.00783. The lowest BCUT2D eigenvalue weighted by Gasteiger charge is -2.36. The van der Waals surface area contributed by atoms with Crippen LogP contribution in [-0.4, -0.2) is 9.97 Å². The summed E-state index contributed by atoms with van der Waals surface area (Å²) in [4.78, 5) is 10.5. The lowest BCUT2D eigenvalue weighted by Crippen LogP contribution is -2.28. The van der Waals surface area contributed by atoms with Crippen LogP contribution in [0.5, 0.6) is 0 Å². The van der Waals surface area contributed by atoms with Crippen LogP contribution in [0.3, 0.4) is 0 Å². The smallest absolute Gasteiger partial charge is 0.161 e. The van der Waals surface area contributed by atoms with Crippen LogP contribution in [0.25, 0.3) is 67.3 Å². The second-order valence-corrected chi connectivity index (χ2v) is 13.6. The summed E-state index contributed by atoms with van der Waals surface area (Å²) in [6, 6.07) is 55.8. The zero-order chi connectivity index (χ0) is 33.5. The Labute approximate surface area is 293 Å². The third-order valence-electron chi connectivity index (χ3n) is 10.8. The molecule has 1 heterocycles. The average Bonchev–Trinajstić information content (AvgIpc) is 3.45. The summed E-state index contributed by atoms with van der Waals surface area (Å²) in [6.45, 7) is 0. The molecule has 7 aromatic rings. The fourth-order valence-corrected chi connectivity index (χ4v) is 8.40. The summed E-state index contributed by atoms with van der Waals surface area (Å²) in [5.41, 5.74) is 15.5. The average molecular weight is 642 g/mol. The van der Waals surface area contributed by atoms with E-state index in [1.807, 2.05) is 18.2 Å². The van der Waals surface area contributed by atoms with Crippen molar-refractivity contribution in [3.8, 4) is 73.4 Å². The predicted octanol–water partition coefficient (Wildman–Crippen LogP) is 11.9. The highest BCUT2D eigenvalue weighted by Crippen LogP contribution is 2.56. The quantitative estimate of drug-likeness (QED) is 0.188. The predicted molar refractivity (Wildman–Crippen MR) is 203 cm³/mol. The van der Waals surface area contributed by atoms with Gasteiger partial charge < -0.3 is 0 Å². The molecule has 50 heavy (non-hydrogen) atoms. The van der Waals surface area contributed by atoms with Crippen molar-refractivity contribution < 1.29 is 0 Å². The van der Waals surface area contributed by atoms with Crippen molar-refractivity contribution in [2.75, 3.05) is 0 Å². The largest absolute Gasteiger partial charge is 0.228 e. The normalized spacial score (nSPS) is 14.1. The van der Waals surface area contributed by atoms with Gasteiger partial charge in [0, 0.05) is 22.1 Å². The van der Waals surface area contributed by atoms with Crippen molar-refractivity contribution in [3.63, 3.8) is 0 Å². The molecule has 0 aliphatic heterocycles. The summed E-state index contributed by atoms with van der Waals surface area (Å²) in [5.74, 6) is 0.700. The number of nitrogens with zero attached hydrogens (tertiary/aromatic N) is 3. The van der Waals surface area contributed by atoms with Gasteiger partial charge in [-0.15, -0.1) is 0 Å². The van der Waals surface area contributed by atoms with Gasteiger partial charge in [0.25, 0.3) is 0 Å². The van der Waals surface area contributed by atoms with E-state index in [9.17, 15) is 5.26 Å². The van der Waals surface area contributed by atoms with E-state index in [-0.39, 0.29) is 5.41 Å². The molecular formula is C47H35N3. The fourth-order valence-electron chi connectivity index (χ4n) is 8.40. The maximum absolute atomic E-state index is 9.80. The van der Waals surface area contributed by atoms with Crippen molar-refractivity contribution >= 4 is 0 Å². The van der Waals surface area contributed by atoms with Gasteiger partial charge in [-0.25, -0.2) is 9.97 Å². The molecule has 0 saturated heterocycles. The molecule has 0 amide bonds. The van der Waals surface area contributed by atoms with Crippen molar-refractivity contribution in [2.45, 2.75) is 37.5 Å². The van der Waals surface area contributed by atoms with Crippen LogP contribution in [0, 0.1) is 11.3 Å². The number of rotatable bonds is 5. The van der Waals surface area contributed by atoms with Crippen LogP contribution in [0.15, 0.2) is 152 Å². The molecule has 9 rings (SSSR count). The minimum atomic E-state index is -0.00783. The van der Waals surface area contributed by atoms with E-state index in [0.717, 1.165) is 68.7 Å². The first-order valence-corrected chi connectivity index (χ1v) is 17.6. The summed E-state index contributed by atoms with van der Waals surface area (Å²) in [6.07, 6.45) is 5.97. The van der Waals surface area contributed by atoms with E-state index < -0.39 is 0 Å². The van der Waals surface area contributed by atoms with Gasteiger partial charge in [0.1, 0.15) is 0 Å². The van der Waals surface area contributed by atoms with Crippen LogP contribution in [0.4, 0.5) is 0 Å². The molecule has 0 unspecified atom stereocenters. The van der Waals surface area contributed by atoms with Gasteiger partial charge in [0.05, 0.1) is 23.0 Å². The topological polar surface area (TPSA) is 49.6 Å². The molecule has 0 bridgehead atoms. The number of aromatic nitrogens is 2. The highest BCUT2D eigenvalue weighted by molar-refractivity contribution is 5.90. The van der Waals surface area contributed by atoms with Gasteiger partial charge in [-0.2, -0.15) is 5.26 Å². The molecule has 0 radical (unpaired) electrons. The number of fused-ring (bicyclic) bond motifs is 5. The standard InChI is InChI=1S/C47H35N3/c48-31-32-22-24-38-41-29-35(23-25-42(41)47(43(38)28-32)26-12-3-13-27-47)37-19-8-10-20-39(37)45-30-44(34-16-6-2-7-17-34)49-46(50-45)40-21-11-9-18-36(40)33-14-4-1-5-15-33/h1-2,4-11,14-25,28-30H,3,12-13,26-27H2. The van der Waals surface area contributed by atoms with Crippen LogP contribution < -0.4 is 0 Å². The minimum Gasteiger partial charge on any atom is -0.228 e. The molecule has 3 nitrogen and oxygen atoms in total. The summed E-state index contributed by atoms with van der Waals surface area (Å²) < 4.78 is 0. The number of hydrogen-bond donors (Lipinski definition) is 0. The lowest BCUT2D eigenvalue weighted by atomic mass is 9.67. The Hall–Kier alpha value is -6.11. The van der Waals surface area contributed by atoms with Gasteiger partial charge in [0.15, 0.2) is 5.82 Å². The van der Waals surface area contributed by atoms with Crippen molar-refractivity contribution in [3.05, 3.63) is 168 Å². The second kappa shape index (κ2) is 12.4. The third-order valence-corrected chi connectivity index (χ3v) is 10.8. The van der Waals surface area contributed by atoms with Crippen LogP contribution in [-0.2, 0) is 5.41 Å². The second-order valence-electron chi connectivity index (χ2n) is 13.6. The SMILES string of the molecule is N#Cc1ccc2c(c1)C1(CCCCC1)c1ccc(-c3ccccc3-c3cc(-c4ccccc4)nc(-c4ccccc4-c4ccccc4)n3)cc1-2. The van der Waals surface area contributed by atoms with Crippen LogP contribution in [0.1, 0.15) is 48.8 Å². The fraction of sp³-hybridized carbons (Fsp3) is 0.128. The highest BCUT2D eigenvalue weighted by atomic mass is 14.9. The van der Waals surface area contributed by atoms with E-state index >= 15 is 0 Å². The first kappa shape index (κ1) is 30.0. The molecule has 0 atom stereocenters. The number of benzene rings is 6. The maximum atomic E-state index is 9.80.